The van der Waals surface area contributed by atoms with Crippen LogP contribution in [0.1, 0.15) is 44.5 Å². The molecule has 0 bridgehead atoms. The highest BCUT2D eigenvalue weighted by Crippen LogP contribution is 2.29. The summed E-state index contributed by atoms with van der Waals surface area (Å²) in [5.74, 6) is 0.0677. The Morgan fingerprint density at radius 3 is 2.47 bits per heavy atom. The molecule has 1 aromatic rings. The molecule has 0 radical (unpaired) electrons. The van der Waals surface area contributed by atoms with Gasteiger partial charge in [-0.1, -0.05) is 54.9 Å². The zero-order valence-electron chi connectivity index (χ0n) is 10.9. The maximum absolute atomic E-state index is 11.9. The average Bonchev–Trinajstić information content (AvgIpc) is 2.14. The number of carbonyl (C=O) groups excluding carboxylic acids is 1. The Bertz CT molecular complexity index is 393. The molecule has 0 spiro atoms. The van der Waals surface area contributed by atoms with Gasteiger partial charge >= 0.3 is 0 Å². The third kappa shape index (κ3) is 4.90. The molecule has 2 nitrogen and oxygen atoms in total. The van der Waals surface area contributed by atoms with Gasteiger partial charge in [0, 0.05) is 16.9 Å². The van der Waals surface area contributed by atoms with Gasteiger partial charge in [0.15, 0.2) is 0 Å². The second kappa shape index (κ2) is 5.67. The van der Waals surface area contributed by atoms with E-state index in [9.17, 15) is 4.79 Å². The second-order valence-corrected chi connectivity index (χ2v) is 6.86. The number of benzene rings is 1. The number of hydrogen-bond acceptors (Lipinski definition) is 1. The van der Waals surface area contributed by atoms with E-state index in [0.717, 1.165) is 11.3 Å². The standard InChI is InChI=1S/C14H20BrNO/c1-10(15)11-7-5-6-8-12(11)16-13(17)9-14(2,3)4/h5-8,10H,9H2,1-4H3,(H,16,17). The fraction of sp³-hybridized carbons (Fsp3) is 0.500. The molecule has 0 saturated carbocycles. The predicted molar refractivity (Wildman–Crippen MR) is 76.5 cm³/mol. The van der Waals surface area contributed by atoms with Crippen molar-refractivity contribution in [3.63, 3.8) is 0 Å². The average molecular weight is 298 g/mol. The quantitative estimate of drug-likeness (QED) is 0.817. The van der Waals surface area contributed by atoms with E-state index in [-0.39, 0.29) is 16.1 Å². The number of rotatable bonds is 3. The summed E-state index contributed by atoms with van der Waals surface area (Å²) >= 11 is 3.53. The molecule has 0 saturated heterocycles. The van der Waals surface area contributed by atoms with Crippen molar-refractivity contribution in [2.45, 2.75) is 38.9 Å². The van der Waals surface area contributed by atoms with Gasteiger partial charge in [-0.05, 0) is 24.0 Å². The van der Waals surface area contributed by atoms with Crippen molar-refractivity contribution >= 4 is 27.5 Å². The lowest BCUT2D eigenvalue weighted by Crippen LogP contribution is -2.20. The van der Waals surface area contributed by atoms with Gasteiger partial charge in [0.05, 0.1) is 0 Å². The van der Waals surface area contributed by atoms with Gasteiger partial charge in [-0.25, -0.2) is 0 Å². The van der Waals surface area contributed by atoms with E-state index in [1.165, 1.54) is 0 Å². The highest BCUT2D eigenvalue weighted by Gasteiger charge is 2.17. The first-order chi connectivity index (χ1) is 7.79. The lowest BCUT2D eigenvalue weighted by atomic mass is 9.92. The molecule has 1 N–H and O–H groups in total. The van der Waals surface area contributed by atoms with Crippen molar-refractivity contribution in [1.82, 2.24) is 0 Å². The monoisotopic (exact) mass is 297 g/mol. The first-order valence-corrected chi connectivity index (χ1v) is 6.74. The van der Waals surface area contributed by atoms with E-state index in [1.807, 2.05) is 24.3 Å². The number of carbonyl (C=O) groups is 1. The first kappa shape index (κ1) is 14.2. The number of para-hydroxylation sites is 1. The van der Waals surface area contributed by atoms with Gasteiger partial charge in [-0.15, -0.1) is 0 Å². The first-order valence-electron chi connectivity index (χ1n) is 5.82. The minimum Gasteiger partial charge on any atom is -0.326 e. The number of alkyl halides is 1. The van der Waals surface area contributed by atoms with Crippen LogP contribution in [0.3, 0.4) is 0 Å². The van der Waals surface area contributed by atoms with E-state index >= 15 is 0 Å². The predicted octanol–water partition coefficient (Wildman–Crippen LogP) is 4.52. The van der Waals surface area contributed by atoms with Crippen LogP contribution in [0.4, 0.5) is 5.69 Å². The topological polar surface area (TPSA) is 29.1 Å². The summed E-state index contributed by atoms with van der Waals surface area (Å²) in [5.41, 5.74) is 2.01. The minimum atomic E-state index is 0.0129. The molecule has 1 aromatic carbocycles. The largest absolute Gasteiger partial charge is 0.326 e. The summed E-state index contributed by atoms with van der Waals surface area (Å²) in [4.78, 5) is 12.1. The molecule has 0 aliphatic carbocycles. The van der Waals surface area contributed by atoms with Gasteiger partial charge < -0.3 is 5.32 Å². The molecule has 0 aromatic heterocycles. The molecule has 0 heterocycles. The van der Waals surface area contributed by atoms with Crippen molar-refractivity contribution in [2.75, 3.05) is 5.32 Å². The third-order valence-corrected chi connectivity index (χ3v) is 2.85. The van der Waals surface area contributed by atoms with Crippen molar-refractivity contribution in [1.29, 1.82) is 0 Å². The summed E-state index contributed by atoms with van der Waals surface area (Å²) in [6, 6.07) is 7.87. The molecule has 0 aliphatic rings. The minimum absolute atomic E-state index is 0.0129. The number of anilines is 1. The Morgan fingerprint density at radius 2 is 1.94 bits per heavy atom. The second-order valence-electron chi connectivity index (χ2n) is 5.49. The van der Waals surface area contributed by atoms with E-state index in [0.29, 0.717) is 6.42 Å². The van der Waals surface area contributed by atoms with E-state index in [2.05, 4.69) is 48.9 Å². The molecule has 3 heteroatoms. The summed E-state index contributed by atoms with van der Waals surface area (Å²) in [6.45, 7) is 8.23. The van der Waals surface area contributed by atoms with E-state index < -0.39 is 0 Å². The van der Waals surface area contributed by atoms with Crippen molar-refractivity contribution in [3.05, 3.63) is 29.8 Å². The van der Waals surface area contributed by atoms with E-state index in [4.69, 9.17) is 0 Å². The van der Waals surface area contributed by atoms with Crippen LogP contribution in [0.25, 0.3) is 0 Å². The maximum atomic E-state index is 11.9. The summed E-state index contributed by atoms with van der Waals surface area (Å²) < 4.78 is 0. The molecule has 0 aliphatic heterocycles. The Morgan fingerprint density at radius 1 is 1.35 bits per heavy atom. The van der Waals surface area contributed by atoms with Crippen molar-refractivity contribution < 1.29 is 4.79 Å². The van der Waals surface area contributed by atoms with Crippen LogP contribution in [-0.2, 0) is 4.79 Å². The van der Waals surface area contributed by atoms with Crippen LogP contribution in [0.15, 0.2) is 24.3 Å². The summed E-state index contributed by atoms with van der Waals surface area (Å²) in [5, 5.41) is 2.98. The van der Waals surface area contributed by atoms with Crippen molar-refractivity contribution in [3.8, 4) is 0 Å². The van der Waals surface area contributed by atoms with E-state index in [1.54, 1.807) is 0 Å². The SMILES string of the molecule is CC(Br)c1ccccc1NC(=O)CC(C)(C)C. The van der Waals surface area contributed by atoms with Crippen molar-refractivity contribution in [2.24, 2.45) is 5.41 Å². The highest BCUT2D eigenvalue weighted by molar-refractivity contribution is 9.09. The molecule has 0 fully saturated rings. The lowest BCUT2D eigenvalue weighted by molar-refractivity contribution is -0.117. The van der Waals surface area contributed by atoms with Crippen LogP contribution in [0.2, 0.25) is 0 Å². The molecule has 1 atom stereocenters. The van der Waals surface area contributed by atoms with Gasteiger partial charge in [0.2, 0.25) is 5.91 Å². The smallest absolute Gasteiger partial charge is 0.224 e. The Hall–Kier alpha value is -0.830. The number of hydrogen-bond donors (Lipinski definition) is 1. The molecule has 1 rings (SSSR count). The van der Waals surface area contributed by atoms with Gasteiger partial charge in [-0.3, -0.25) is 4.79 Å². The molecule has 1 unspecified atom stereocenters. The Labute approximate surface area is 112 Å². The van der Waals surface area contributed by atoms with Gasteiger partial charge in [0.25, 0.3) is 0 Å². The maximum Gasteiger partial charge on any atom is 0.224 e. The van der Waals surface area contributed by atoms with Crippen LogP contribution in [0.5, 0.6) is 0 Å². The Balaban J connectivity index is 2.78. The number of halogens is 1. The molecule has 17 heavy (non-hydrogen) atoms. The van der Waals surface area contributed by atoms with Crippen LogP contribution < -0.4 is 5.32 Å². The molecular formula is C14H20BrNO. The zero-order valence-corrected chi connectivity index (χ0v) is 12.5. The van der Waals surface area contributed by atoms with Gasteiger partial charge in [0.1, 0.15) is 0 Å². The number of nitrogens with one attached hydrogen (secondary N) is 1. The molecule has 94 valence electrons. The van der Waals surface area contributed by atoms with Crippen LogP contribution in [-0.4, -0.2) is 5.91 Å². The highest BCUT2D eigenvalue weighted by atomic mass is 79.9. The fourth-order valence-corrected chi connectivity index (χ4v) is 2.03. The van der Waals surface area contributed by atoms with Crippen LogP contribution in [0, 0.1) is 5.41 Å². The summed E-state index contributed by atoms with van der Waals surface area (Å²) in [7, 11) is 0. The zero-order chi connectivity index (χ0) is 13.1. The number of amides is 1. The van der Waals surface area contributed by atoms with Gasteiger partial charge in [-0.2, -0.15) is 0 Å². The summed E-state index contributed by atoms with van der Waals surface area (Å²) in [6.07, 6.45) is 0.526. The molecular weight excluding hydrogens is 278 g/mol. The lowest BCUT2D eigenvalue weighted by Gasteiger charge is -2.18. The normalized spacial score (nSPS) is 13.2. The van der Waals surface area contributed by atoms with Crippen LogP contribution >= 0.6 is 15.9 Å². The molecule has 1 amide bonds. The Kier molecular flexibility index (Phi) is 4.75. The fourth-order valence-electron chi connectivity index (χ4n) is 1.63. The third-order valence-electron chi connectivity index (χ3n) is 2.35.